The Morgan fingerprint density at radius 1 is 1.00 bits per heavy atom. The van der Waals surface area contributed by atoms with Crippen molar-refractivity contribution in [2.24, 2.45) is 0 Å². The zero-order chi connectivity index (χ0) is 17.2. The molecule has 124 valence electrons. The zero-order valence-corrected chi connectivity index (χ0v) is 13.9. The number of para-hydroxylation sites is 2. The van der Waals surface area contributed by atoms with Crippen molar-refractivity contribution in [2.75, 3.05) is 0 Å². The summed E-state index contributed by atoms with van der Waals surface area (Å²) in [7, 11) is 0. The van der Waals surface area contributed by atoms with Crippen molar-refractivity contribution in [1.29, 1.82) is 0 Å². The molecule has 0 bridgehead atoms. The van der Waals surface area contributed by atoms with Crippen LogP contribution in [0.2, 0.25) is 5.02 Å². The molecule has 5 heteroatoms. The quantitative estimate of drug-likeness (QED) is 0.519. The lowest BCUT2D eigenvalue weighted by atomic mass is 10.2. The molecule has 0 unspecified atom stereocenters. The predicted molar refractivity (Wildman–Crippen MR) is 97.3 cm³/mol. The van der Waals surface area contributed by atoms with Gasteiger partial charge in [0.05, 0.1) is 11.0 Å². The van der Waals surface area contributed by atoms with Crippen molar-refractivity contribution in [1.82, 2.24) is 9.97 Å². The summed E-state index contributed by atoms with van der Waals surface area (Å²) in [6.07, 6.45) is 0. The molecule has 1 heterocycles. The summed E-state index contributed by atoms with van der Waals surface area (Å²) in [5, 5.41) is 0.372. The third kappa shape index (κ3) is 3.35. The Labute approximate surface area is 149 Å². The van der Waals surface area contributed by atoms with Gasteiger partial charge in [0.1, 0.15) is 24.0 Å². The number of aromatic amines is 1. The van der Waals surface area contributed by atoms with E-state index in [0.717, 1.165) is 22.4 Å². The van der Waals surface area contributed by atoms with Crippen LogP contribution in [0.4, 0.5) is 4.39 Å². The van der Waals surface area contributed by atoms with Gasteiger partial charge in [-0.25, -0.2) is 9.37 Å². The molecule has 0 aliphatic rings. The van der Waals surface area contributed by atoms with Crippen LogP contribution < -0.4 is 4.74 Å². The van der Waals surface area contributed by atoms with Gasteiger partial charge in [-0.1, -0.05) is 29.8 Å². The molecule has 0 amide bonds. The van der Waals surface area contributed by atoms with Crippen LogP contribution in [0, 0.1) is 5.82 Å². The molecule has 3 nitrogen and oxygen atoms in total. The van der Waals surface area contributed by atoms with Gasteiger partial charge in [0.2, 0.25) is 0 Å². The summed E-state index contributed by atoms with van der Waals surface area (Å²) in [5.41, 5.74) is 3.35. The van der Waals surface area contributed by atoms with Crippen LogP contribution in [0.5, 0.6) is 5.75 Å². The second-order valence-electron chi connectivity index (χ2n) is 5.65. The van der Waals surface area contributed by atoms with E-state index in [1.807, 2.05) is 48.5 Å². The number of ether oxygens (including phenoxy) is 1. The highest BCUT2D eigenvalue weighted by Crippen LogP contribution is 2.23. The molecule has 1 aromatic heterocycles. The van der Waals surface area contributed by atoms with E-state index in [1.165, 1.54) is 6.07 Å². The molecule has 0 spiro atoms. The third-order valence-electron chi connectivity index (χ3n) is 3.93. The first-order valence-electron chi connectivity index (χ1n) is 7.81. The van der Waals surface area contributed by atoms with E-state index in [4.69, 9.17) is 16.3 Å². The first-order chi connectivity index (χ1) is 12.2. The fraction of sp³-hybridized carbons (Fsp3) is 0.0500. The highest BCUT2D eigenvalue weighted by atomic mass is 35.5. The molecular weight excluding hydrogens is 339 g/mol. The Morgan fingerprint density at radius 3 is 2.56 bits per heavy atom. The molecule has 0 aliphatic heterocycles. The Kier molecular flexibility index (Phi) is 4.12. The number of imidazole rings is 1. The molecular formula is C20H14ClFN2O. The van der Waals surface area contributed by atoms with E-state index in [1.54, 1.807) is 12.1 Å². The Hall–Kier alpha value is -2.85. The lowest BCUT2D eigenvalue weighted by molar-refractivity contribution is 0.300. The second kappa shape index (κ2) is 6.57. The van der Waals surface area contributed by atoms with Gasteiger partial charge in [0.25, 0.3) is 0 Å². The number of fused-ring (bicyclic) bond motifs is 1. The van der Waals surface area contributed by atoms with E-state index in [2.05, 4.69) is 9.97 Å². The zero-order valence-electron chi connectivity index (χ0n) is 13.2. The smallest absolute Gasteiger partial charge is 0.138 e. The summed E-state index contributed by atoms with van der Waals surface area (Å²) < 4.78 is 19.4. The van der Waals surface area contributed by atoms with Crippen LogP contribution in [0.25, 0.3) is 22.4 Å². The highest BCUT2D eigenvalue weighted by molar-refractivity contribution is 6.30. The van der Waals surface area contributed by atoms with Gasteiger partial charge in [-0.3, -0.25) is 0 Å². The molecule has 0 saturated carbocycles. The van der Waals surface area contributed by atoms with Crippen molar-refractivity contribution < 1.29 is 9.13 Å². The Bertz CT molecular complexity index is 994. The van der Waals surface area contributed by atoms with Crippen LogP contribution in [-0.4, -0.2) is 9.97 Å². The van der Waals surface area contributed by atoms with Gasteiger partial charge >= 0.3 is 0 Å². The second-order valence-corrected chi connectivity index (χ2v) is 6.09. The molecule has 0 aliphatic carbocycles. The molecule has 0 fully saturated rings. The average Bonchev–Trinajstić information content (AvgIpc) is 3.05. The third-order valence-corrected chi connectivity index (χ3v) is 4.16. The van der Waals surface area contributed by atoms with E-state index >= 15 is 0 Å². The molecule has 1 N–H and O–H groups in total. The van der Waals surface area contributed by atoms with Crippen molar-refractivity contribution in [2.45, 2.75) is 6.61 Å². The minimum atomic E-state index is -0.369. The van der Waals surface area contributed by atoms with Crippen LogP contribution in [-0.2, 0) is 6.61 Å². The lowest BCUT2D eigenvalue weighted by Gasteiger charge is -2.08. The van der Waals surface area contributed by atoms with E-state index in [0.29, 0.717) is 16.3 Å². The number of nitrogens with one attached hydrogen (secondary N) is 1. The maximum absolute atomic E-state index is 13.8. The normalized spacial score (nSPS) is 11.0. The van der Waals surface area contributed by atoms with E-state index in [-0.39, 0.29) is 12.4 Å². The molecule has 0 saturated heterocycles. The van der Waals surface area contributed by atoms with Crippen LogP contribution >= 0.6 is 11.6 Å². The minimum Gasteiger partial charge on any atom is -0.489 e. The molecule has 4 rings (SSSR count). The van der Waals surface area contributed by atoms with Gasteiger partial charge in [0.15, 0.2) is 0 Å². The summed E-state index contributed by atoms with van der Waals surface area (Å²) in [6, 6.07) is 20.0. The van der Waals surface area contributed by atoms with Crippen molar-refractivity contribution >= 4 is 22.6 Å². The van der Waals surface area contributed by atoms with E-state index in [9.17, 15) is 4.39 Å². The summed E-state index contributed by atoms with van der Waals surface area (Å²) in [4.78, 5) is 7.86. The Balaban J connectivity index is 1.49. The maximum atomic E-state index is 13.8. The van der Waals surface area contributed by atoms with Gasteiger partial charge in [-0.15, -0.1) is 0 Å². The van der Waals surface area contributed by atoms with Crippen molar-refractivity contribution in [3.8, 4) is 17.1 Å². The Morgan fingerprint density at radius 2 is 1.80 bits per heavy atom. The highest BCUT2D eigenvalue weighted by Gasteiger charge is 2.06. The molecule has 3 aromatic carbocycles. The van der Waals surface area contributed by atoms with Gasteiger partial charge in [-0.2, -0.15) is 0 Å². The molecule has 4 aromatic rings. The number of benzene rings is 3. The number of nitrogens with zero attached hydrogens (tertiary/aromatic N) is 1. The lowest BCUT2D eigenvalue weighted by Crippen LogP contribution is -1.98. The number of rotatable bonds is 4. The number of hydrogen-bond donors (Lipinski definition) is 1. The summed E-state index contributed by atoms with van der Waals surface area (Å²) in [5.74, 6) is 1.09. The predicted octanol–water partition coefficient (Wildman–Crippen LogP) is 5.60. The van der Waals surface area contributed by atoms with E-state index < -0.39 is 0 Å². The summed E-state index contributed by atoms with van der Waals surface area (Å²) in [6.45, 7) is 0.146. The van der Waals surface area contributed by atoms with Crippen LogP contribution in [0.1, 0.15) is 5.56 Å². The molecule has 0 radical (unpaired) electrons. The number of halogens is 2. The van der Waals surface area contributed by atoms with Crippen molar-refractivity contribution in [3.63, 3.8) is 0 Å². The largest absolute Gasteiger partial charge is 0.489 e. The van der Waals surface area contributed by atoms with Gasteiger partial charge in [0, 0.05) is 16.1 Å². The van der Waals surface area contributed by atoms with Gasteiger partial charge < -0.3 is 9.72 Å². The first-order valence-corrected chi connectivity index (χ1v) is 8.19. The monoisotopic (exact) mass is 352 g/mol. The fourth-order valence-electron chi connectivity index (χ4n) is 2.60. The topological polar surface area (TPSA) is 37.9 Å². The van der Waals surface area contributed by atoms with Crippen LogP contribution in [0.15, 0.2) is 66.7 Å². The van der Waals surface area contributed by atoms with Gasteiger partial charge in [-0.05, 0) is 48.5 Å². The molecule has 25 heavy (non-hydrogen) atoms. The number of hydrogen-bond acceptors (Lipinski definition) is 2. The number of aromatic nitrogens is 2. The molecule has 0 atom stereocenters. The number of H-pyrrole nitrogens is 1. The van der Waals surface area contributed by atoms with Crippen molar-refractivity contribution in [3.05, 3.63) is 83.1 Å². The van der Waals surface area contributed by atoms with Crippen LogP contribution in [0.3, 0.4) is 0 Å². The average molecular weight is 353 g/mol. The fourth-order valence-corrected chi connectivity index (χ4v) is 2.76. The first kappa shape index (κ1) is 15.7. The standard InChI is InChI=1S/C20H14ClFN2O/c21-15-8-5-14(17(22)11-15)12-25-16-9-6-13(7-10-16)20-23-18-3-1-2-4-19(18)24-20/h1-11H,12H2,(H,23,24). The summed E-state index contributed by atoms with van der Waals surface area (Å²) >= 11 is 5.75. The minimum absolute atomic E-state index is 0.146. The maximum Gasteiger partial charge on any atom is 0.138 e. The SMILES string of the molecule is Fc1cc(Cl)ccc1COc1ccc(-c2nc3ccccc3[nH]2)cc1.